The van der Waals surface area contributed by atoms with Crippen LogP contribution < -0.4 is 16.0 Å². The van der Waals surface area contributed by atoms with Gasteiger partial charge in [0.1, 0.15) is 19.3 Å². The Bertz CT molecular complexity index is 1160. The van der Waals surface area contributed by atoms with E-state index in [0.29, 0.717) is 12.8 Å². The third-order valence-corrected chi connectivity index (χ3v) is 6.21. The number of rotatable bonds is 9. The standard InChI is InChI=1S/C29H36N4O7/c1-20(2)16-24(31-28(37)39-18-21-10-5-3-6-11-21)26(35)33-15-9-14-23(25(34)17-33)30-27(36)32-29(38)40-19-22-12-7-4-8-13-22/h3-8,10-13,20,23-24H,9,14-19H2,1-2H3,(H,31,37)(H2,30,32,36,38). The fraction of sp³-hybridized carbons (Fsp3) is 0.414. The number of carbonyl (C=O) groups excluding carboxylic acids is 5. The molecule has 2 unspecified atom stereocenters. The molecule has 214 valence electrons. The van der Waals surface area contributed by atoms with Crippen LogP contribution in [0.2, 0.25) is 0 Å². The van der Waals surface area contributed by atoms with Crippen LogP contribution >= 0.6 is 0 Å². The lowest BCUT2D eigenvalue weighted by Crippen LogP contribution is -2.52. The zero-order valence-electron chi connectivity index (χ0n) is 22.8. The summed E-state index contributed by atoms with van der Waals surface area (Å²) >= 11 is 0. The quantitative estimate of drug-likeness (QED) is 0.432. The van der Waals surface area contributed by atoms with Gasteiger partial charge in [-0.3, -0.25) is 9.59 Å². The summed E-state index contributed by atoms with van der Waals surface area (Å²) in [4.78, 5) is 64.4. The third-order valence-electron chi connectivity index (χ3n) is 6.21. The van der Waals surface area contributed by atoms with E-state index >= 15 is 0 Å². The maximum atomic E-state index is 13.3. The molecule has 11 nitrogen and oxygen atoms in total. The van der Waals surface area contributed by atoms with E-state index in [1.807, 2.05) is 50.2 Å². The van der Waals surface area contributed by atoms with Crippen molar-refractivity contribution in [2.75, 3.05) is 13.1 Å². The molecule has 1 fully saturated rings. The molecule has 0 aromatic heterocycles. The Morgan fingerprint density at radius 2 is 1.48 bits per heavy atom. The predicted molar refractivity (Wildman–Crippen MR) is 146 cm³/mol. The third kappa shape index (κ3) is 10.0. The molecule has 3 N–H and O–H groups in total. The van der Waals surface area contributed by atoms with Crippen molar-refractivity contribution in [1.29, 1.82) is 0 Å². The van der Waals surface area contributed by atoms with Gasteiger partial charge in [0.25, 0.3) is 0 Å². The van der Waals surface area contributed by atoms with Gasteiger partial charge in [0, 0.05) is 6.54 Å². The van der Waals surface area contributed by atoms with Crippen molar-refractivity contribution >= 4 is 29.9 Å². The summed E-state index contributed by atoms with van der Waals surface area (Å²) in [6.07, 6.45) is -0.580. The normalized spacial score (nSPS) is 15.9. The number of benzene rings is 2. The summed E-state index contributed by atoms with van der Waals surface area (Å²) in [6.45, 7) is 3.94. The molecule has 2 aromatic carbocycles. The lowest BCUT2D eigenvalue weighted by Gasteiger charge is -2.27. The molecular formula is C29H36N4O7. The van der Waals surface area contributed by atoms with Gasteiger partial charge in [0.05, 0.1) is 12.6 Å². The number of likely N-dealkylation sites (tertiary alicyclic amines) is 1. The first-order valence-electron chi connectivity index (χ1n) is 13.3. The lowest BCUT2D eigenvalue weighted by atomic mass is 10.0. The molecule has 0 radical (unpaired) electrons. The molecule has 2 aromatic rings. The monoisotopic (exact) mass is 552 g/mol. The summed E-state index contributed by atoms with van der Waals surface area (Å²) in [5.41, 5.74) is 1.58. The highest BCUT2D eigenvalue weighted by Crippen LogP contribution is 2.14. The Labute approximate surface area is 233 Å². The van der Waals surface area contributed by atoms with Crippen molar-refractivity contribution in [2.45, 2.75) is 58.4 Å². The largest absolute Gasteiger partial charge is 0.445 e. The van der Waals surface area contributed by atoms with Crippen molar-refractivity contribution < 1.29 is 33.4 Å². The van der Waals surface area contributed by atoms with Gasteiger partial charge in [-0.05, 0) is 36.3 Å². The van der Waals surface area contributed by atoms with Crippen LogP contribution in [0.3, 0.4) is 0 Å². The van der Waals surface area contributed by atoms with Gasteiger partial charge in [-0.25, -0.2) is 19.7 Å². The van der Waals surface area contributed by atoms with Gasteiger partial charge in [0.2, 0.25) is 5.91 Å². The maximum absolute atomic E-state index is 13.3. The first-order chi connectivity index (χ1) is 19.2. The first kappa shape index (κ1) is 30.1. The maximum Gasteiger partial charge on any atom is 0.415 e. The lowest BCUT2D eigenvalue weighted by molar-refractivity contribution is -0.137. The predicted octanol–water partition coefficient (Wildman–Crippen LogP) is 3.52. The van der Waals surface area contributed by atoms with Crippen LogP contribution in [-0.4, -0.2) is 60.0 Å². The van der Waals surface area contributed by atoms with E-state index in [9.17, 15) is 24.0 Å². The average molecular weight is 553 g/mol. The van der Waals surface area contributed by atoms with Gasteiger partial charge in [-0.15, -0.1) is 0 Å². The number of Topliss-reactive ketones (excluding diaryl/α,β-unsaturated/α-hetero) is 1. The number of hydrogen-bond donors (Lipinski definition) is 3. The van der Waals surface area contributed by atoms with E-state index < -0.39 is 36.2 Å². The number of amides is 5. The minimum absolute atomic E-state index is 0.00917. The molecule has 2 atom stereocenters. The van der Waals surface area contributed by atoms with Gasteiger partial charge >= 0.3 is 18.2 Å². The Hall–Kier alpha value is -4.41. The zero-order chi connectivity index (χ0) is 28.9. The number of alkyl carbamates (subject to hydrolysis) is 2. The van der Waals surface area contributed by atoms with Crippen LogP contribution in [0.5, 0.6) is 0 Å². The average Bonchev–Trinajstić information content (AvgIpc) is 3.11. The van der Waals surface area contributed by atoms with Crippen molar-refractivity contribution in [1.82, 2.24) is 20.9 Å². The molecule has 0 bridgehead atoms. The number of imide groups is 1. The minimum atomic E-state index is -0.944. The van der Waals surface area contributed by atoms with E-state index in [0.717, 1.165) is 11.1 Å². The highest BCUT2D eigenvalue weighted by atomic mass is 16.6. The van der Waals surface area contributed by atoms with Crippen molar-refractivity contribution in [3.8, 4) is 0 Å². The van der Waals surface area contributed by atoms with Gasteiger partial charge in [-0.2, -0.15) is 0 Å². The summed E-state index contributed by atoms with van der Waals surface area (Å²) in [6, 6.07) is 15.5. The molecular weight excluding hydrogens is 516 g/mol. The van der Waals surface area contributed by atoms with Crippen molar-refractivity contribution in [3.05, 3.63) is 71.8 Å². The van der Waals surface area contributed by atoms with Crippen LogP contribution in [0, 0.1) is 5.92 Å². The summed E-state index contributed by atoms with van der Waals surface area (Å²) in [5.74, 6) is -0.687. The highest BCUT2D eigenvalue weighted by molar-refractivity contribution is 5.97. The molecule has 40 heavy (non-hydrogen) atoms. The Morgan fingerprint density at radius 3 is 2.05 bits per heavy atom. The van der Waals surface area contributed by atoms with Crippen molar-refractivity contribution in [3.63, 3.8) is 0 Å². The summed E-state index contributed by atoms with van der Waals surface area (Å²) < 4.78 is 10.3. The van der Waals surface area contributed by atoms with Gasteiger partial charge < -0.3 is 25.0 Å². The van der Waals surface area contributed by atoms with E-state index in [-0.39, 0.29) is 44.4 Å². The number of nitrogens with one attached hydrogen (secondary N) is 3. The Morgan fingerprint density at radius 1 is 0.900 bits per heavy atom. The van der Waals surface area contributed by atoms with Crippen LogP contribution in [0.25, 0.3) is 0 Å². The Kier molecular flexibility index (Phi) is 11.5. The number of carbonyl (C=O) groups is 5. The molecule has 0 aliphatic carbocycles. The minimum Gasteiger partial charge on any atom is -0.445 e. The molecule has 1 saturated heterocycles. The van der Waals surface area contributed by atoms with Crippen LogP contribution in [-0.2, 0) is 32.3 Å². The molecule has 0 spiro atoms. The van der Waals surface area contributed by atoms with E-state index in [1.54, 1.807) is 24.3 Å². The topological polar surface area (TPSA) is 143 Å². The molecule has 1 heterocycles. The number of ether oxygens (including phenoxy) is 2. The molecule has 5 amide bonds. The second-order valence-corrected chi connectivity index (χ2v) is 9.97. The Balaban J connectivity index is 1.50. The van der Waals surface area contributed by atoms with E-state index in [4.69, 9.17) is 9.47 Å². The smallest absolute Gasteiger partial charge is 0.415 e. The van der Waals surface area contributed by atoms with E-state index in [2.05, 4.69) is 16.0 Å². The molecule has 11 heteroatoms. The number of ketones is 1. The fourth-order valence-corrected chi connectivity index (χ4v) is 4.23. The van der Waals surface area contributed by atoms with Crippen LogP contribution in [0.15, 0.2) is 60.7 Å². The SMILES string of the molecule is CC(C)CC(NC(=O)OCc1ccccc1)C(=O)N1CCCC(NC(=O)NC(=O)OCc2ccccc2)C(=O)C1. The number of nitrogens with zero attached hydrogens (tertiary/aromatic N) is 1. The van der Waals surface area contributed by atoms with E-state index in [1.165, 1.54) is 4.90 Å². The van der Waals surface area contributed by atoms with Crippen molar-refractivity contribution in [2.24, 2.45) is 5.92 Å². The number of hydrogen-bond acceptors (Lipinski definition) is 7. The fourth-order valence-electron chi connectivity index (χ4n) is 4.23. The molecule has 1 aliphatic heterocycles. The van der Waals surface area contributed by atoms with Crippen LogP contribution in [0.1, 0.15) is 44.2 Å². The zero-order valence-corrected chi connectivity index (χ0v) is 22.8. The molecule has 1 aliphatic rings. The summed E-state index contributed by atoms with van der Waals surface area (Å²) in [7, 11) is 0. The second-order valence-electron chi connectivity index (χ2n) is 9.97. The molecule has 3 rings (SSSR count). The highest BCUT2D eigenvalue weighted by Gasteiger charge is 2.33. The summed E-state index contributed by atoms with van der Waals surface area (Å²) in [5, 5.41) is 7.19. The first-order valence-corrected chi connectivity index (χ1v) is 13.3. The van der Waals surface area contributed by atoms with Gasteiger partial charge in [-0.1, -0.05) is 74.5 Å². The number of urea groups is 1. The second kappa shape index (κ2) is 15.2. The van der Waals surface area contributed by atoms with Crippen LogP contribution in [0.4, 0.5) is 14.4 Å². The van der Waals surface area contributed by atoms with Gasteiger partial charge in [0.15, 0.2) is 5.78 Å². The molecule has 0 saturated carbocycles.